The third-order valence-electron chi connectivity index (χ3n) is 4.75. The zero-order valence-corrected chi connectivity index (χ0v) is 15.9. The Hall–Kier alpha value is -3.51. The first kappa shape index (κ1) is 16.6. The van der Waals surface area contributed by atoms with E-state index in [-0.39, 0.29) is 5.56 Å². The number of aryl methyl sites for hydroxylation is 1. The topological polar surface area (TPSA) is 63.0 Å². The molecule has 0 aliphatic carbocycles. The van der Waals surface area contributed by atoms with Crippen LogP contribution in [-0.2, 0) is 0 Å². The number of nitrogens with one attached hydrogen (secondary N) is 1. The van der Waals surface area contributed by atoms with E-state index in [9.17, 15) is 4.79 Å². The first-order chi connectivity index (χ1) is 13.7. The molecule has 5 nitrogen and oxygen atoms in total. The first-order valence-electron chi connectivity index (χ1n) is 8.90. The van der Waals surface area contributed by atoms with Gasteiger partial charge in [-0.15, -0.1) is 11.3 Å². The SMILES string of the molecule is Cc1nc2sccc2c(=O)n1/N=C/c1c(-c2ccccc2)[nH]c2ccccc12. The average molecular weight is 384 g/mol. The van der Waals surface area contributed by atoms with Gasteiger partial charge in [0.25, 0.3) is 5.56 Å². The van der Waals surface area contributed by atoms with Crippen molar-refractivity contribution in [1.82, 2.24) is 14.6 Å². The Labute approximate surface area is 164 Å². The Kier molecular flexibility index (Phi) is 3.91. The average Bonchev–Trinajstić information content (AvgIpc) is 3.33. The van der Waals surface area contributed by atoms with Crippen molar-refractivity contribution in [2.75, 3.05) is 0 Å². The number of rotatable bonds is 3. The first-order valence-corrected chi connectivity index (χ1v) is 9.77. The van der Waals surface area contributed by atoms with Crippen LogP contribution in [0.15, 0.2) is 75.9 Å². The van der Waals surface area contributed by atoms with Crippen molar-refractivity contribution in [3.05, 3.63) is 87.8 Å². The molecule has 0 bridgehead atoms. The summed E-state index contributed by atoms with van der Waals surface area (Å²) in [5.74, 6) is 0.567. The summed E-state index contributed by atoms with van der Waals surface area (Å²) in [7, 11) is 0. The number of benzene rings is 2. The van der Waals surface area contributed by atoms with Gasteiger partial charge >= 0.3 is 0 Å². The third-order valence-corrected chi connectivity index (χ3v) is 5.56. The van der Waals surface area contributed by atoms with E-state index in [1.54, 1.807) is 19.2 Å². The van der Waals surface area contributed by atoms with Crippen LogP contribution in [0.2, 0.25) is 0 Å². The number of para-hydroxylation sites is 1. The molecule has 0 radical (unpaired) electrons. The molecule has 3 heterocycles. The number of aromatic nitrogens is 3. The summed E-state index contributed by atoms with van der Waals surface area (Å²) in [5.41, 5.74) is 3.86. The number of thiophene rings is 1. The summed E-state index contributed by atoms with van der Waals surface area (Å²) in [6.45, 7) is 1.80. The van der Waals surface area contributed by atoms with Crippen molar-refractivity contribution < 1.29 is 0 Å². The van der Waals surface area contributed by atoms with Gasteiger partial charge in [-0.2, -0.15) is 9.78 Å². The molecule has 0 atom stereocenters. The summed E-state index contributed by atoms with van der Waals surface area (Å²) in [4.78, 5) is 21.5. The molecule has 0 saturated heterocycles. The Balaban J connectivity index is 1.71. The van der Waals surface area contributed by atoms with Crippen molar-refractivity contribution in [3.63, 3.8) is 0 Å². The van der Waals surface area contributed by atoms with Gasteiger partial charge in [0.1, 0.15) is 10.7 Å². The molecule has 136 valence electrons. The van der Waals surface area contributed by atoms with E-state index >= 15 is 0 Å². The van der Waals surface area contributed by atoms with Crippen molar-refractivity contribution >= 4 is 38.7 Å². The second kappa shape index (κ2) is 6.58. The van der Waals surface area contributed by atoms with Crippen molar-refractivity contribution in [3.8, 4) is 11.3 Å². The second-order valence-corrected chi connectivity index (χ2v) is 7.38. The van der Waals surface area contributed by atoms with Crippen LogP contribution < -0.4 is 5.56 Å². The summed E-state index contributed by atoms with van der Waals surface area (Å²) >= 11 is 1.46. The molecule has 0 aliphatic heterocycles. The van der Waals surface area contributed by atoms with Gasteiger partial charge in [-0.05, 0) is 30.0 Å². The maximum atomic E-state index is 12.8. The molecular weight excluding hydrogens is 368 g/mol. The van der Waals surface area contributed by atoms with E-state index < -0.39 is 0 Å². The lowest BCUT2D eigenvalue weighted by Crippen LogP contribution is -2.19. The second-order valence-electron chi connectivity index (χ2n) is 6.49. The van der Waals surface area contributed by atoms with Crippen molar-refractivity contribution in [1.29, 1.82) is 0 Å². The lowest BCUT2D eigenvalue weighted by atomic mass is 10.1. The predicted molar refractivity (Wildman–Crippen MR) is 115 cm³/mol. The highest BCUT2D eigenvalue weighted by Crippen LogP contribution is 2.29. The van der Waals surface area contributed by atoms with Gasteiger partial charge in [-0.25, -0.2) is 4.98 Å². The van der Waals surface area contributed by atoms with E-state index in [2.05, 4.69) is 33.3 Å². The summed E-state index contributed by atoms with van der Waals surface area (Å²) in [6.07, 6.45) is 1.75. The van der Waals surface area contributed by atoms with Gasteiger partial charge in [0.15, 0.2) is 0 Å². The Morgan fingerprint density at radius 2 is 1.82 bits per heavy atom. The van der Waals surface area contributed by atoms with Crippen LogP contribution in [0.1, 0.15) is 11.4 Å². The highest BCUT2D eigenvalue weighted by Gasteiger charge is 2.12. The summed E-state index contributed by atoms with van der Waals surface area (Å²) in [5, 5.41) is 8.04. The van der Waals surface area contributed by atoms with E-state index in [1.165, 1.54) is 16.0 Å². The lowest BCUT2D eigenvalue weighted by Gasteiger charge is -2.04. The van der Waals surface area contributed by atoms with Gasteiger partial charge in [0.05, 0.1) is 17.3 Å². The van der Waals surface area contributed by atoms with Gasteiger partial charge in [0.2, 0.25) is 0 Å². The molecule has 0 spiro atoms. The largest absolute Gasteiger partial charge is 0.354 e. The standard InChI is InChI=1S/C22H16N4OS/c1-14-24-21-17(11-12-28-21)22(27)26(14)23-13-18-16-9-5-6-10-19(16)25-20(18)15-7-3-2-4-8-15/h2-13,25H,1H3/b23-13+. The predicted octanol–water partition coefficient (Wildman–Crippen LogP) is 4.80. The molecule has 0 unspecified atom stereocenters. The van der Waals surface area contributed by atoms with Gasteiger partial charge in [-0.3, -0.25) is 4.79 Å². The maximum Gasteiger partial charge on any atom is 0.282 e. The van der Waals surface area contributed by atoms with Crippen molar-refractivity contribution in [2.45, 2.75) is 6.92 Å². The summed E-state index contributed by atoms with van der Waals surface area (Å²) < 4.78 is 1.37. The number of hydrogen-bond donors (Lipinski definition) is 1. The molecule has 0 fully saturated rings. The molecule has 3 aromatic heterocycles. The quantitative estimate of drug-likeness (QED) is 0.454. The Morgan fingerprint density at radius 1 is 1.04 bits per heavy atom. The third kappa shape index (κ3) is 2.66. The number of hydrogen-bond acceptors (Lipinski definition) is 4. The minimum atomic E-state index is -0.152. The normalized spacial score (nSPS) is 11.8. The zero-order chi connectivity index (χ0) is 19.1. The lowest BCUT2D eigenvalue weighted by molar-refractivity contribution is 0.772. The minimum Gasteiger partial charge on any atom is -0.354 e. The smallest absolute Gasteiger partial charge is 0.282 e. The Bertz CT molecular complexity index is 1390. The molecule has 28 heavy (non-hydrogen) atoms. The zero-order valence-electron chi connectivity index (χ0n) is 15.1. The van der Waals surface area contributed by atoms with Crippen LogP contribution in [0.3, 0.4) is 0 Å². The number of nitrogens with zero attached hydrogens (tertiary/aromatic N) is 3. The number of fused-ring (bicyclic) bond motifs is 2. The fraction of sp³-hybridized carbons (Fsp3) is 0.0455. The highest BCUT2D eigenvalue weighted by molar-refractivity contribution is 7.16. The van der Waals surface area contributed by atoms with Crippen LogP contribution in [-0.4, -0.2) is 20.9 Å². The number of H-pyrrole nitrogens is 1. The maximum absolute atomic E-state index is 12.8. The van der Waals surface area contributed by atoms with Crippen molar-refractivity contribution in [2.24, 2.45) is 5.10 Å². The van der Waals surface area contributed by atoms with E-state index in [0.717, 1.165) is 32.6 Å². The summed E-state index contributed by atoms with van der Waals surface area (Å²) in [6, 6.07) is 20.0. The molecule has 0 amide bonds. The molecule has 5 rings (SSSR count). The fourth-order valence-corrected chi connectivity index (χ4v) is 4.19. The van der Waals surface area contributed by atoms with E-state index in [4.69, 9.17) is 0 Å². The minimum absolute atomic E-state index is 0.152. The Morgan fingerprint density at radius 3 is 2.68 bits per heavy atom. The van der Waals surface area contributed by atoms with Gasteiger partial charge in [0, 0.05) is 16.5 Å². The van der Waals surface area contributed by atoms with Crippen LogP contribution in [0, 0.1) is 6.92 Å². The molecule has 6 heteroatoms. The van der Waals surface area contributed by atoms with Crippen LogP contribution in [0.25, 0.3) is 32.4 Å². The molecule has 0 aliphatic rings. The van der Waals surface area contributed by atoms with Crippen LogP contribution in [0.5, 0.6) is 0 Å². The van der Waals surface area contributed by atoms with Gasteiger partial charge < -0.3 is 4.98 Å². The highest BCUT2D eigenvalue weighted by atomic mass is 32.1. The fourth-order valence-electron chi connectivity index (χ4n) is 3.39. The molecule has 0 saturated carbocycles. The molecule has 1 N–H and O–H groups in total. The molecule has 5 aromatic rings. The molecular formula is C22H16N4OS. The van der Waals surface area contributed by atoms with Crippen LogP contribution >= 0.6 is 11.3 Å². The number of aromatic amines is 1. The van der Waals surface area contributed by atoms with Crippen LogP contribution in [0.4, 0.5) is 0 Å². The molecule has 2 aromatic carbocycles. The van der Waals surface area contributed by atoms with E-state index in [1.807, 2.05) is 41.8 Å². The monoisotopic (exact) mass is 384 g/mol. The van der Waals surface area contributed by atoms with E-state index in [0.29, 0.717) is 11.2 Å². The van der Waals surface area contributed by atoms with Gasteiger partial charge in [-0.1, -0.05) is 48.5 Å².